The lowest BCUT2D eigenvalue weighted by Gasteiger charge is -2.26. The summed E-state index contributed by atoms with van der Waals surface area (Å²) in [6, 6.07) is 9.12. The van der Waals surface area contributed by atoms with Crippen molar-refractivity contribution in [1.82, 2.24) is 4.72 Å². The largest absolute Gasteiger partial charge is 0.324 e. The van der Waals surface area contributed by atoms with Gasteiger partial charge in [-0.2, -0.15) is 0 Å². The second-order valence-electron chi connectivity index (χ2n) is 4.64. The number of sulfonamides is 1. The minimum atomic E-state index is -3.32. The van der Waals surface area contributed by atoms with Crippen LogP contribution in [0.25, 0.3) is 0 Å². The molecule has 0 unspecified atom stereocenters. The fourth-order valence-corrected chi connectivity index (χ4v) is 2.84. The second-order valence-corrected chi connectivity index (χ2v) is 6.44. The molecule has 0 fully saturated rings. The molecule has 1 aromatic carbocycles. The Hall–Kier alpha value is -0.620. The van der Waals surface area contributed by atoms with Crippen LogP contribution in [-0.2, 0) is 15.8 Å². The molecule has 1 aromatic rings. The van der Waals surface area contributed by atoms with Gasteiger partial charge in [-0.15, -0.1) is 12.4 Å². The molecule has 0 aliphatic rings. The third-order valence-electron chi connectivity index (χ3n) is 3.25. The molecule has 6 heteroatoms. The van der Waals surface area contributed by atoms with Crippen LogP contribution in [0.3, 0.4) is 0 Å². The first-order valence-corrected chi connectivity index (χ1v) is 7.86. The molecule has 3 N–H and O–H groups in total. The predicted octanol–water partition coefficient (Wildman–Crippen LogP) is 2.05. The molecular weight excluding hydrogens is 284 g/mol. The van der Waals surface area contributed by atoms with E-state index in [0.717, 1.165) is 18.4 Å². The van der Waals surface area contributed by atoms with Crippen molar-refractivity contribution < 1.29 is 8.42 Å². The smallest absolute Gasteiger partial charge is 0.215 e. The summed E-state index contributed by atoms with van der Waals surface area (Å²) < 4.78 is 26.4. The number of halogens is 1. The lowest BCUT2D eigenvalue weighted by Crippen LogP contribution is -2.49. The van der Waals surface area contributed by atoms with E-state index in [9.17, 15) is 8.42 Å². The zero-order chi connectivity index (χ0) is 13.6. The van der Waals surface area contributed by atoms with Crippen molar-refractivity contribution in [2.24, 2.45) is 5.73 Å². The normalized spacial score (nSPS) is 11.9. The van der Waals surface area contributed by atoms with Crippen LogP contribution in [0.5, 0.6) is 0 Å². The first-order chi connectivity index (χ1) is 8.41. The Morgan fingerprint density at radius 1 is 1.16 bits per heavy atom. The molecule has 1 rings (SSSR count). The summed E-state index contributed by atoms with van der Waals surface area (Å²) in [7, 11) is -3.32. The maximum absolute atomic E-state index is 11.9. The van der Waals surface area contributed by atoms with E-state index in [0.29, 0.717) is 0 Å². The summed E-state index contributed by atoms with van der Waals surface area (Å²) >= 11 is 0. The van der Waals surface area contributed by atoms with E-state index in [1.165, 1.54) is 0 Å². The molecule has 0 heterocycles. The van der Waals surface area contributed by atoms with Gasteiger partial charge in [0.2, 0.25) is 10.0 Å². The van der Waals surface area contributed by atoms with E-state index >= 15 is 0 Å². The van der Waals surface area contributed by atoms with Crippen LogP contribution in [0.2, 0.25) is 0 Å². The Morgan fingerprint density at radius 2 is 1.68 bits per heavy atom. The number of nitrogens with one attached hydrogen (secondary N) is 1. The molecule has 0 spiro atoms. The van der Waals surface area contributed by atoms with Crippen molar-refractivity contribution in [2.45, 2.75) is 38.0 Å². The summed E-state index contributed by atoms with van der Waals surface area (Å²) in [4.78, 5) is 0. The Kier molecular flexibility index (Phi) is 7.59. The molecular formula is C13H23ClN2O2S. The minimum absolute atomic E-state index is 0. The summed E-state index contributed by atoms with van der Waals surface area (Å²) in [6.07, 6.45) is 1.49. The number of hydrogen-bond acceptors (Lipinski definition) is 3. The van der Waals surface area contributed by atoms with Gasteiger partial charge in [0, 0.05) is 12.1 Å². The number of rotatable bonds is 7. The molecule has 0 bridgehead atoms. The van der Waals surface area contributed by atoms with Crippen LogP contribution in [0, 0.1) is 0 Å². The predicted molar refractivity (Wildman–Crippen MR) is 81.8 cm³/mol. The van der Waals surface area contributed by atoms with Crippen molar-refractivity contribution in [1.29, 1.82) is 0 Å². The molecule has 19 heavy (non-hydrogen) atoms. The SMILES string of the molecule is CCC(N)(CC)CNS(=O)(=O)Cc1ccccc1.Cl. The maximum Gasteiger partial charge on any atom is 0.215 e. The van der Waals surface area contributed by atoms with Gasteiger partial charge in [0.25, 0.3) is 0 Å². The van der Waals surface area contributed by atoms with Gasteiger partial charge >= 0.3 is 0 Å². The van der Waals surface area contributed by atoms with Crippen LogP contribution in [0.15, 0.2) is 30.3 Å². The van der Waals surface area contributed by atoms with Gasteiger partial charge < -0.3 is 5.73 Å². The average Bonchev–Trinajstić information content (AvgIpc) is 2.37. The summed E-state index contributed by atoms with van der Waals surface area (Å²) in [6.45, 7) is 4.22. The first-order valence-electron chi connectivity index (χ1n) is 6.21. The van der Waals surface area contributed by atoms with Crippen LogP contribution in [0.4, 0.5) is 0 Å². The van der Waals surface area contributed by atoms with E-state index in [-0.39, 0.29) is 24.7 Å². The van der Waals surface area contributed by atoms with Gasteiger partial charge in [0.15, 0.2) is 0 Å². The van der Waals surface area contributed by atoms with Crippen molar-refractivity contribution in [2.75, 3.05) is 6.54 Å². The zero-order valence-corrected chi connectivity index (χ0v) is 13.1. The summed E-state index contributed by atoms with van der Waals surface area (Å²) in [5, 5.41) is 0. The quantitative estimate of drug-likeness (QED) is 0.810. The van der Waals surface area contributed by atoms with Crippen LogP contribution >= 0.6 is 12.4 Å². The number of benzene rings is 1. The summed E-state index contributed by atoms with van der Waals surface area (Å²) in [5.74, 6) is -0.00263. The van der Waals surface area contributed by atoms with Crippen molar-refractivity contribution in [3.8, 4) is 0 Å². The van der Waals surface area contributed by atoms with Crippen molar-refractivity contribution in [3.63, 3.8) is 0 Å². The lowest BCUT2D eigenvalue weighted by atomic mass is 9.95. The van der Waals surface area contributed by atoms with Gasteiger partial charge in [-0.25, -0.2) is 13.1 Å². The Labute approximate surface area is 122 Å². The van der Waals surface area contributed by atoms with Gasteiger partial charge in [0.05, 0.1) is 5.75 Å². The Balaban J connectivity index is 0.00000324. The van der Waals surface area contributed by atoms with Gasteiger partial charge in [0.1, 0.15) is 0 Å². The zero-order valence-electron chi connectivity index (χ0n) is 11.4. The molecule has 0 amide bonds. The van der Waals surface area contributed by atoms with Gasteiger partial charge in [-0.3, -0.25) is 0 Å². The van der Waals surface area contributed by atoms with Gasteiger partial charge in [-0.1, -0.05) is 44.2 Å². The van der Waals surface area contributed by atoms with E-state index in [1.807, 2.05) is 32.0 Å². The monoisotopic (exact) mass is 306 g/mol. The summed E-state index contributed by atoms with van der Waals surface area (Å²) in [5.41, 5.74) is 6.39. The number of nitrogens with two attached hydrogens (primary N) is 1. The highest BCUT2D eigenvalue weighted by molar-refractivity contribution is 7.88. The molecule has 0 aliphatic carbocycles. The minimum Gasteiger partial charge on any atom is -0.324 e. The maximum atomic E-state index is 11.9. The highest BCUT2D eigenvalue weighted by Crippen LogP contribution is 2.11. The topological polar surface area (TPSA) is 72.2 Å². The first kappa shape index (κ1) is 18.4. The molecule has 0 aromatic heterocycles. The molecule has 0 aliphatic heterocycles. The average molecular weight is 307 g/mol. The lowest BCUT2D eigenvalue weighted by molar-refractivity contribution is 0.391. The molecule has 0 saturated heterocycles. The third kappa shape index (κ3) is 6.38. The fourth-order valence-electron chi connectivity index (χ4n) is 1.60. The molecule has 110 valence electrons. The molecule has 4 nitrogen and oxygen atoms in total. The third-order valence-corrected chi connectivity index (χ3v) is 4.55. The highest BCUT2D eigenvalue weighted by Gasteiger charge is 2.23. The second kappa shape index (κ2) is 7.85. The number of hydrogen-bond donors (Lipinski definition) is 2. The van der Waals surface area contributed by atoms with E-state index < -0.39 is 15.6 Å². The van der Waals surface area contributed by atoms with E-state index in [2.05, 4.69) is 4.72 Å². The van der Waals surface area contributed by atoms with E-state index in [1.54, 1.807) is 12.1 Å². The van der Waals surface area contributed by atoms with Crippen LogP contribution in [-0.4, -0.2) is 20.5 Å². The Bertz CT molecular complexity index is 459. The van der Waals surface area contributed by atoms with Crippen molar-refractivity contribution >= 4 is 22.4 Å². The molecule has 0 saturated carbocycles. The van der Waals surface area contributed by atoms with E-state index in [4.69, 9.17) is 5.73 Å². The molecule has 0 atom stereocenters. The van der Waals surface area contributed by atoms with Gasteiger partial charge in [-0.05, 0) is 18.4 Å². The van der Waals surface area contributed by atoms with Crippen LogP contribution < -0.4 is 10.5 Å². The Morgan fingerprint density at radius 3 is 2.16 bits per heavy atom. The highest BCUT2D eigenvalue weighted by atomic mass is 35.5. The van der Waals surface area contributed by atoms with Crippen LogP contribution in [0.1, 0.15) is 32.3 Å². The van der Waals surface area contributed by atoms with Crippen molar-refractivity contribution in [3.05, 3.63) is 35.9 Å². The standard InChI is InChI=1S/C13H22N2O2S.ClH/c1-3-13(14,4-2)11-15-18(16,17)10-12-8-6-5-7-9-12;/h5-9,15H,3-4,10-11,14H2,1-2H3;1H. The molecule has 0 radical (unpaired) electrons. The fraction of sp³-hybridized carbons (Fsp3) is 0.538.